The molecule has 0 spiro atoms. The fourth-order valence-electron chi connectivity index (χ4n) is 3.19. The first-order chi connectivity index (χ1) is 14.2. The molecule has 2 saturated heterocycles. The van der Waals surface area contributed by atoms with E-state index in [2.05, 4.69) is 25.3 Å². The molecule has 0 saturated carbocycles. The molecular weight excluding hydrogens is 374 g/mol. The molecule has 0 atom stereocenters. The Hall–Kier alpha value is -2.72. The van der Waals surface area contributed by atoms with Gasteiger partial charge in [0.15, 0.2) is 5.95 Å². The van der Waals surface area contributed by atoms with Crippen LogP contribution in [-0.2, 0) is 4.74 Å². The highest BCUT2D eigenvalue weighted by molar-refractivity contribution is 5.60. The van der Waals surface area contributed by atoms with Crippen LogP contribution in [0.1, 0.15) is 26.7 Å². The Bertz CT molecular complexity index is 846. The van der Waals surface area contributed by atoms with Gasteiger partial charge in [-0.1, -0.05) is 13.8 Å². The van der Waals surface area contributed by atoms with Crippen molar-refractivity contribution >= 4 is 11.9 Å². The van der Waals surface area contributed by atoms with E-state index in [9.17, 15) is 4.79 Å². The van der Waals surface area contributed by atoms with E-state index in [1.54, 1.807) is 6.07 Å². The Morgan fingerprint density at radius 2 is 1.93 bits per heavy atom. The molecule has 0 amide bonds. The zero-order chi connectivity index (χ0) is 20.6. The molecule has 0 unspecified atom stereocenters. The number of H-pyrrole nitrogens is 1. The molecule has 0 radical (unpaired) electrons. The van der Waals surface area contributed by atoms with Gasteiger partial charge in [0.2, 0.25) is 11.8 Å². The lowest BCUT2D eigenvalue weighted by atomic mass is 10.1. The van der Waals surface area contributed by atoms with Crippen LogP contribution in [-0.4, -0.2) is 65.4 Å². The molecular formula is C19H29N7O3. The van der Waals surface area contributed by atoms with Gasteiger partial charge < -0.3 is 25.4 Å². The van der Waals surface area contributed by atoms with Crippen molar-refractivity contribution in [1.29, 1.82) is 0 Å². The van der Waals surface area contributed by atoms with Gasteiger partial charge in [-0.2, -0.15) is 4.98 Å². The second-order valence-electron chi connectivity index (χ2n) is 6.57. The third-order valence-corrected chi connectivity index (χ3v) is 4.65. The molecule has 0 bridgehead atoms. The number of hydrogen-bond donors (Lipinski definition) is 3. The molecule has 158 valence electrons. The molecule has 2 aliphatic heterocycles. The Labute approximate surface area is 169 Å². The van der Waals surface area contributed by atoms with Crippen molar-refractivity contribution < 1.29 is 9.47 Å². The lowest BCUT2D eigenvalue weighted by Gasteiger charge is -2.28. The van der Waals surface area contributed by atoms with Crippen molar-refractivity contribution in [3.05, 3.63) is 22.6 Å². The number of nitrogen functional groups attached to an aromatic ring is 1. The van der Waals surface area contributed by atoms with Crippen LogP contribution in [0.3, 0.4) is 0 Å². The molecule has 2 aromatic heterocycles. The smallest absolute Gasteiger partial charge is 0.261 e. The van der Waals surface area contributed by atoms with Crippen LogP contribution in [0.5, 0.6) is 5.88 Å². The van der Waals surface area contributed by atoms with Gasteiger partial charge in [0.05, 0.1) is 24.5 Å². The quantitative estimate of drug-likeness (QED) is 0.678. The number of nitrogens with one attached hydrogen (secondary N) is 2. The number of anilines is 2. The third-order valence-electron chi connectivity index (χ3n) is 4.65. The lowest BCUT2D eigenvalue weighted by Crippen LogP contribution is -2.38. The summed E-state index contributed by atoms with van der Waals surface area (Å²) in [5.74, 6) is 1.05. The van der Waals surface area contributed by atoms with E-state index in [1.165, 1.54) is 6.20 Å². The molecule has 2 aromatic rings. The summed E-state index contributed by atoms with van der Waals surface area (Å²) in [5, 5.41) is 3.31. The van der Waals surface area contributed by atoms with Gasteiger partial charge >= 0.3 is 0 Å². The second kappa shape index (κ2) is 10.2. The molecule has 2 aliphatic rings. The highest BCUT2D eigenvalue weighted by atomic mass is 16.5. The van der Waals surface area contributed by atoms with Crippen LogP contribution in [0.25, 0.3) is 11.3 Å². The van der Waals surface area contributed by atoms with Crippen LogP contribution >= 0.6 is 0 Å². The van der Waals surface area contributed by atoms with E-state index in [0.29, 0.717) is 49.4 Å². The normalized spacial score (nSPS) is 17.4. The summed E-state index contributed by atoms with van der Waals surface area (Å²) in [6.07, 6.45) is 3.34. The fraction of sp³-hybridized carbons (Fsp3) is 0.579. The molecule has 4 N–H and O–H groups in total. The van der Waals surface area contributed by atoms with Gasteiger partial charge in [0.25, 0.3) is 5.56 Å². The minimum absolute atomic E-state index is 0.0670. The summed E-state index contributed by atoms with van der Waals surface area (Å²) < 4.78 is 11.5. The Morgan fingerprint density at radius 1 is 1.21 bits per heavy atom. The first kappa shape index (κ1) is 21.0. The van der Waals surface area contributed by atoms with Crippen LogP contribution in [0.2, 0.25) is 0 Å². The van der Waals surface area contributed by atoms with E-state index < -0.39 is 0 Å². The van der Waals surface area contributed by atoms with Crippen LogP contribution in [0.15, 0.2) is 17.1 Å². The number of morpholine rings is 1. The lowest BCUT2D eigenvalue weighted by molar-refractivity contribution is 0.121. The van der Waals surface area contributed by atoms with Gasteiger partial charge in [0, 0.05) is 25.4 Å². The summed E-state index contributed by atoms with van der Waals surface area (Å²) in [4.78, 5) is 30.0. The van der Waals surface area contributed by atoms with Crippen molar-refractivity contribution in [2.45, 2.75) is 32.8 Å². The monoisotopic (exact) mass is 403 g/mol. The topological polar surface area (TPSA) is 131 Å². The van der Waals surface area contributed by atoms with Crippen LogP contribution in [0.4, 0.5) is 11.9 Å². The summed E-state index contributed by atoms with van der Waals surface area (Å²) >= 11 is 0. The third kappa shape index (κ3) is 5.42. The van der Waals surface area contributed by atoms with Gasteiger partial charge in [-0.25, -0.2) is 9.97 Å². The molecule has 0 aromatic carbocycles. The molecule has 10 heteroatoms. The predicted octanol–water partition coefficient (Wildman–Crippen LogP) is 0.803. The maximum absolute atomic E-state index is 12.3. The highest BCUT2D eigenvalue weighted by Crippen LogP contribution is 2.24. The van der Waals surface area contributed by atoms with Crippen molar-refractivity contribution in [2.24, 2.45) is 0 Å². The average Bonchev–Trinajstić information content (AvgIpc) is 2.76. The largest absolute Gasteiger partial charge is 0.474 e. The number of piperidine rings is 1. The minimum atomic E-state index is -0.345. The SMILES string of the molecule is CC.Nc1ncc(-c2cc(OC3CCNCC3)nc(N3CCOCC3)n2)c(=O)[nH]1. The van der Waals surface area contributed by atoms with Crippen molar-refractivity contribution in [1.82, 2.24) is 25.3 Å². The number of ether oxygens (including phenoxy) is 2. The van der Waals surface area contributed by atoms with E-state index in [-0.39, 0.29) is 17.6 Å². The van der Waals surface area contributed by atoms with Gasteiger partial charge in [-0.05, 0) is 25.9 Å². The molecule has 2 fully saturated rings. The van der Waals surface area contributed by atoms with Gasteiger partial charge in [-0.15, -0.1) is 0 Å². The maximum atomic E-state index is 12.3. The summed E-state index contributed by atoms with van der Waals surface area (Å²) in [7, 11) is 0. The van der Waals surface area contributed by atoms with Crippen molar-refractivity contribution in [3.63, 3.8) is 0 Å². The number of nitrogens with zero attached hydrogens (tertiary/aromatic N) is 4. The summed E-state index contributed by atoms with van der Waals surface area (Å²) in [5.41, 5.74) is 6.00. The number of hydrogen-bond acceptors (Lipinski definition) is 9. The van der Waals surface area contributed by atoms with Crippen molar-refractivity contribution in [3.8, 4) is 17.1 Å². The number of nitrogens with two attached hydrogens (primary N) is 1. The molecule has 4 heterocycles. The molecule has 29 heavy (non-hydrogen) atoms. The average molecular weight is 403 g/mol. The summed E-state index contributed by atoms with van der Waals surface area (Å²) in [6.45, 7) is 8.43. The Balaban J connectivity index is 0.00000117. The standard InChI is InChI=1S/C17H23N7O3.C2H6/c18-16-20-10-12(15(25)23-16)13-9-14(27-11-1-3-19-4-2-11)22-17(21-13)24-5-7-26-8-6-24;1-2/h9-11,19H,1-8H2,(H3,18,20,23,25);1-2H3. The van der Waals surface area contributed by atoms with Gasteiger partial charge in [0.1, 0.15) is 6.10 Å². The number of rotatable bonds is 4. The molecule has 4 rings (SSSR count). The van der Waals surface area contributed by atoms with Gasteiger partial charge in [-0.3, -0.25) is 9.78 Å². The predicted molar refractivity (Wildman–Crippen MR) is 111 cm³/mol. The molecule has 10 nitrogen and oxygen atoms in total. The second-order valence-corrected chi connectivity index (χ2v) is 6.57. The zero-order valence-corrected chi connectivity index (χ0v) is 17.0. The van der Waals surface area contributed by atoms with E-state index in [1.807, 2.05) is 18.7 Å². The summed E-state index contributed by atoms with van der Waals surface area (Å²) in [6, 6.07) is 1.69. The maximum Gasteiger partial charge on any atom is 0.261 e. The highest BCUT2D eigenvalue weighted by Gasteiger charge is 2.21. The number of aromatic amines is 1. The van der Waals surface area contributed by atoms with Crippen molar-refractivity contribution in [2.75, 3.05) is 50.0 Å². The van der Waals surface area contributed by atoms with E-state index >= 15 is 0 Å². The first-order valence-electron chi connectivity index (χ1n) is 10.1. The Morgan fingerprint density at radius 3 is 2.62 bits per heavy atom. The minimum Gasteiger partial charge on any atom is -0.474 e. The van der Waals surface area contributed by atoms with Crippen LogP contribution < -0.4 is 26.2 Å². The first-order valence-corrected chi connectivity index (χ1v) is 10.1. The molecule has 0 aliphatic carbocycles. The zero-order valence-electron chi connectivity index (χ0n) is 17.0. The number of aromatic nitrogens is 4. The fourth-order valence-corrected chi connectivity index (χ4v) is 3.19. The van der Waals surface area contributed by atoms with E-state index in [0.717, 1.165) is 25.9 Å². The van der Waals surface area contributed by atoms with Crippen LogP contribution in [0, 0.1) is 0 Å². The van der Waals surface area contributed by atoms with E-state index in [4.69, 9.17) is 15.2 Å². The Kier molecular flexibility index (Phi) is 7.36.